The predicted molar refractivity (Wildman–Crippen MR) is 61.6 cm³/mol. The summed E-state index contributed by atoms with van der Waals surface area (Å²) in [6.45, 7) is 1.80. The van der Waals surface area contributed by atoms with Gasteiger partial charge in [-0.25, -0.2) is 0 Å². The zero-order chi connectivity index (χ0) is 12.5. The van der Waals surface area contributed by atoms with Gasteiger partial charge < -0.3 is 0 Å². The largest absolute Gasteiger partial charge is 0.299 e. The fraction of sp³-hybridized carbons (Fsp3) is 0.357. The van der Waals surface area contributed by atoms with Crippen LogP contribution in [-0.4, -0.2) is 5.78 Å². The first-order valence-corrected chi connectivity index (χ1v) is 5.55. The van der Waals surface area contributed by atoms with Crippen LogP contribution in [0.2, 0.25) is 0 Å². The molecular weight excluding hydrogens is 212 g/mol. The molecule has 0 spiro atoms. The third-order valence-corrected chi connectivity index (χ3v) is 3.55. The van der Waals surface area contributed by atoms with Gasteiger partial charge in [-0.2, -0.15) is 10.5 Å². The molecular formula is C14H12N2O. The number of carbonyl (C=O) groups is 1. The summed E-state index contributed by atoms with van der Waals surface area (Å²) in [7, 11) is 0. The van der Waals surface area contributed by atoms with Gasteiger partial charge in [0.05, 0.1) is 12.1 Å². The second-order valence-electron chi connectivity index (χ2n) is 4.52. The van der Waals surface area contributed by atoms with Gasteiger partial charge >= 0.3 is 0 Å². The summed E-state index contributed by atoms with van der Waals surface area (Å²) in [5.41, 5.74) is -0.299. The fourth-order valence-corrected chi connectivity index (χ4v) is 2.64. The minimum atomic E-state index is -1.20. The normalized spacial score (nSPS) is 26.2. The molecule has 0 bridgehead atoms. The highest BCUT2D eigenvalue weighted by Crippen LogP contribution is 2.50. The standard InChI is InChI=1S/C14H12N2O/c1-10-12(17)7-14(8-15,9-16)13(10)11-5-3-2-4-6-11/h2-6,10,13H,7H2,1H3/t10-,13-/m0/s1. The Balaban J connectivity index is 2.54. The van der Waals surface area contributed by atoms with Crippen LogP contribution < -0.4 is 0 Å². The van der Waals surface area contributed by atoms with Gasteiger partial charge in [-0.1, -0.05) is 37.3 Å². The number of Topliss-reactive ketones (excluding diaryl/α,β-unsaturated/α-hetero) is 1. The zero-order valence-electron chi connectivity index (χ0n) is 9.55. The van der Waals surface area contributed by atoms with Crippen molar-refractivity contribution in [3.8, 4) is 12.1 Å². The summed E-state index contributed by atoms with van der Waals surface area (Å²) in [6.07, 6.45) is 0.0424. The van der Waals surface area contributed by atoms with Crippen molar-refractivity contribution in [2.45, 2.75) is 19.3 Å². The molecule has 1 aromatic carbocycles. The molecule has 0 saturated heterocycles. The van der Waals surface area contributed by atoms with Crippen molar-refractivity contribution >= 4 is 5.78 Å². The van der Waals surface area contributed by atoms with Crippen molar-refractivity contribution in [2.75, 3.05) is 0 Å². The number of carbonyl (C=O) groups excluding carboxylic acids is 1. The van der Waals surface area contributed by atoms with E-state index >= 15 is 0 Å². The van der Waals surface area contributed by atoms with E-state index in [-0.39, 0.29) is 24.0 Å². The molecule has 3 heteroatoms. The number of nitrogens with zero attached hydrogens (tertiary/aromatic N) is 2. The Morgan fingerprint density at radius 3 is 2.35 bits per heavy atom. The molecule has 0 aliphatic heterocycles. The van der Waals surface area contributed by atoms with Crippen LogP contribution in [0.4, 0.5) is 0 Å². The predicted octanol–water partition coefficient (Wildman–Crippen LogP) is 2.41. The maximum Gasteiger partial charge on any atom is 0.158 e. The van der Waals surface area contributed by atoms with Crippen LogP contribution in [0.5, 0.6) is 0 Å². The van der Waals surface area contributed by atoms with Crippen LogP contribution in [0.15, 0.2) is 30.3 Å². The molecule has 1 aliphatic rings. The molecule has 1 fully saturated rings. The quantitative estimate of drug-likeness (QED) is 0.735. The highest BCUT2D eigenvalue weighted by molar-refractivity contribution is 5.87. The molecule has 0 amide bonds. The van der Waals surface area contributed by atoms with Gasteiger partial charge in [0.25, 0.3) is 0 Å². The highest BCUT2D eigenvalue weighted by atomic mass is 16.1. The van der Waals surface area contributed by atoms with E-state index in [9.17, 15) is 15.3 Å². The van der Waals surface area contributed by atoms with Crippen molar-refractivity contribution in [3.05, 3.63) is 35.9 Å². The molecule has 2 atom stereocenters. The first-order valence-electron chi connectivity index (χ1n) is 5.55. The molecule has 17 heavy (non-hydrogen) atoms. The van der Waals surface area contributed by atoms with Gasteiger partial charge in [0, 0.05) is 18.3 Å². The van der Waals surface area contributed by atoms with Crippen molar-refractivity contribution in [1.29, 1.82) is 10.5 Å². The highest BCUT2D eigenvalue weighted by Gasteiger charge is 2.53. The topological polar surface area (TPSA) is 64.7 Å². The lowest BCUT2D eigenvalue weighted by Gasteiger charge is -2.23. The minimum absolute atomic E-state index is 0.00181. The number of ketones is 1. The number of rotatable bonds is 1. The van der Waals surface area contributed by atoms with Crippen molar-refractivity contribution in [3.63, 3.8) is 0 Å². The molecule has 0 radical (unpaired) electrons. The van der Waals surface area contributed by atoms with Crippen molar-refractivity contribution in [2.24, 2.45) is 11.3 Å². The van der Waals surface area contributed by atoms with E-state index in [1.165, 1.54) is 0 Å². The van der Waals surface area contributed by atoms with Crippen LogP contribution in [0.25, 0.3) is 0 Å². The molecule has 0 heterocycles. The molecule has 0 unspecified atom stereocenters. The van der Waals surface area contributed by atoms with Gasteiger partial charge in [-0.05, 0) is 5.56 Å². The van der Waals surface area contributed by atoms with E-state index < -0.39 is 5.41 Å². The summed E-state index contributed by atoms with van der Waals surface area (Å²) in [6, 6.07) is 13.5. The van der Waals surface area contributed by atoms with Crippen LogP contribution in [0.3, 0.4) is 0 Å². The molecule has 2 rings (SSSR count). The Labute approximate surface area is 100 Å². The molecule has 3 nitrogen and oxygen atoms in total. The van der Waals surface area contributed by atoms with E-state index in [1.807, 2.05) is 30.3 Å². The van der Waals surface area contributed by atoms with E-state index in [4.69, 9.17) is 0 Å². The minimum Gasteiger partial charge on any atom is -0.299 e. The third-order valence-electron chi connectivity index (χ3n) is 3.55. The molecule has 84 valence electrons. The van der Waals surface area contributed by atoms with Gasteiger partial charge in [0.1, 0.15) is 5.78 Å². The lowest BCUT2D eigenvalue weighted by atomic mass is 9.74. The van der Waals surface area contributed by atoms with Gasteiger partial charge in [0.2, 0.25) is 0 Å². The Bertz CT molecular complexity index is 507. The van der Waals surface area contributed by atoms with E-state index in [2.05, 4.69) is 12.1 Å². The Morgan fingerprint density at radius 1 is 1.24 bits per heavy atom. The summed E-state index contributed by atoms with van der Waals surface area (Å²) in [4.78, 5) is 11.8. The van der Waals surface area contributed by atoms with Crippen LogP contribution in [-0.2, 0) is 4.79 Å². The summed E-state index contributed by atoms with van der Waals surface area (Å²) < 4.78 is 0. The van der Waals surface area contributed by atoms with Crippen molar-refractivity contribution in [1.82, 2.24) is 0 Å². The van der Waals surface area contributed by atoms with Crippen LogP contribution >= 0.6 is 0 Å². The van der Waals surface area contributed by atoms with Crippen molar-refractivity contribution < 1.29 is 4.79 Å². The smallest absolute Gasteiger partial charge is 0.158 e. The number of hydrogen-bond donors (Lipinski definition) is 0. The summed E-state index contributed by atoms with van der Waals surface area (Å²) in [5.74, 6) is -0.579. The van der Waals surface area contributed by atoms with Gasteiger partial charge in [-0.3, -0.25) is 4.79 Å². The van der Waals surface area contributed by atoms with E-state index in [0.29, 0.717) is 0 Å². The van der Waals surface area contributed by atoms with E-state index in [1.54, 1.807) is 6.92 Å². The molecule has 1 aromatic rings. The summed E-state index contributed by atoms with van der Waals surface area (Å²) >= 11 is 0. The SMILES string of the molecule is C[C@H]1C(=O)CC(C#N)(C#N)[C@@H]1c1ccccc1. The molecule has 1 saturated carbocycles. The first kappa shape index (κ1) is 11.4. The number of hydrogen-bond acceptors (Lipinski definition) is 3. The second kappa shape index (κ2) is 4.03. The lowest BCUT2D eigenvalue weighted by molar-refractivity contribution is -0.120. The third kappa shape index (κ3) is 1.61. The zero-order valence-corrected chi connectivity index (χ0v) is 9.55. The average Bonchev–Trinajstić information content (AvgIpc) is 2.63. The van der Waals surface area contributed by atoms with Crippen LogP contribution in [0.1, 0.15) is 24.8 Å². The molecule has 1 aliphatic carbocycles. The number of benzene rings is 1. The number of nitriles is 2. The maximum absolute atomic E-state index is 11.8. The second-order valence-corrected chi connectivity index (χ2v) is 4.52. The van der Waals surface area contributed by atoms with Gasteiger partial charge in [-0.15, -0.1) is 0 Å². The average molecular weight is 224 g/mol. The first-order chi connectivity index (χ1) is 8.14. The Kier molecular flexibility index (Phi) is 2.69. The van der Waals surface area contributed by atoms with Gasteiger partial charge in [0.15, 0.2) is 5.41 Å². The molecule has 0 aromatic heterocycles. The van der Waals surface area contributed by atoms with E-state index in [0.717, 1.165) is 5.56 Å². The summed E-state index contributed by atoms with van der Waals surface area (Å²) in [5, 5.41) is 18.5. The fourth-order valence-electron chi connectivity index (χ4n) is 2.64. The Hall–Kier alpha value is -2.13. The Morgan fingerprint density at radius 2 is 1.82 bits per heavy atom. The molecule has 0 N–H and O–H groups in total. The lowest BCUT2D eigenvalue weighted by Crippen LogP contribution is -2.22. The van der Waals surface area contributed by atoms with Crippen LogP contribution in [0, 0.1) is 34.0 Å². The monoisotopic (exact) mass is 224 g/mol. The maximum atomic E-state index is 11.8.